The molecule has 1 amide bonds. The van der Waals surface area contributed by atoms with Crippen molar-refractivity contribution >= 4 is 11.9 Å². The van der Waals surface area contributed by atoms with Crippen LogP contribution in [0, 0.1) is 6.92 Å². The van der Waals surface area contributed by atoms with Gasteiger partial charge in [0.05, 0.1) is 6.54 Å². The summed E-state index contributed by atoms with van der Waals surface area (Å²) in [5.74, 6) is -0.877. The molecule has 2 aromatic rings. The molecular weight excluding hydrogens is 328 g/mol. The average Bonchev–Trinajstić information content (AvgIpc) is 2.63. The lowest BCUT2D eigenvalue weighted by atomic mass is 9.98. The molecular formula is C21H24N2O3. The minimum absolute atomic E-state index is 0.0686. The van der Waals surface area contributed by atoms with Gasteiger partial charge in [0.2, 0.25) is 0 Å². The maximum absolute atomic E-state index is 12.6. The summed E-state index contributed by atoms with van der Waals surface area (Å²) >= 11 is 0. The molecule has 1 aliphatic rings. The van der Waals surface area contributed by atoms with Gasteiger partial charge >= 0.3 is 5.97 Å². The predicted octanol–water partition coefficient (Wildman–Crippen LogP) is 2.94. The Kier molecular flexibility index (Phi) is 5.68. The minimum Gasteiger partial charge on any atom is -0.480 e. The van der Waals surface area contributed by atoms with Gasteiger partial charge in [-0.25, -0.2) is 0 Å². The summed E-state index contributed by atoms with van der Waals surface area (Å²) in [7, 11) is 0. The first kappa shape index (κ1) is 18.1. The molecule has 2 N–H and O–H groups in total. The van der Waals surface area contributed by atoms with E-state index >= 15 is 0 Å². The van der Waals surface area contributed by atoms with Crippen LogP contribution < -0.4 is 5.32 Å². The van der Waals surface area contributed by atoms with Crippen molar-refractivity contribution in [3.63, 3.8) is 0 Å². The van der Waals surface area contributed by atoms with Crippen LogP contribution in [-0.4, -0.2) is 47.6 Å². The lowest BCUT2D eigenvalue weighted by Gasteiger charge is -2.31. The van der Waals surface area contributed by atoms with Crippen molar-refractivity contribution in [2.75, 3.05) is 19.6 Å². The first-order chi connectivity index (χ1) is 12.5. The Hall–Kier alpha value is -2.66. The van der Waals surface area contributed by atoms with E-state index in [2.05, 4.69) is 24.4 Å². The molecule has 26 heavy (non-hydrogen) atoms. The van der Waals surface area contributed by atoms with E-state index < -0.39 is 5.97 Å². The van der Waals surface area contributed by atoms with Gasteiger partial charge in [-0.1, -0.05) is 36.4 Å². The molecule has 1 saturated heterocycles. The standard InChI is InChI=1S/C21H24N2O3/c1-15-5-2-3-8-19(15)16-6-4-7-17(13-16)21(26)22-18-9-11-23(12-10-18)14-20(24)25/h2-8,13,18H,9-12,14H2,1H3,(H,22,26)(H,24,25). The van der Waals surface area contributed by atoms with E-state index in [0.29, 0.717) is 18.7 Å². The molecule has 0 radical (unpaired) electrons. The van der Waals surface area contributed by atoms with Crippen molar-refractivity contribution in [3.8, 4) is 11.1 Å². The number of rotatable bonds is 5. The van der Waals surface area contributed by atoms with E-state index in [1.54, 1.807) is 0 Å². The van der Waals surface area contributed by atoms with Gasteiger partial charge in [0.25, 0.3) is 5.91 Å². The summed E-state index contributed by atoms with van der Waals surface area (Å²) in [5.41, 5.74) is 3.99. The summed E-state index contributed by atoms with van der Waals surface area (Å²) in [6, 6.07) is 15.9. The first-order valence-electron chi connectivity index (χ1n) is 8.94. The monoisotopic (exact) mass is 352 g/mol. The molecule has 1 fully saturated rings. The number of carboxylic acids is 1. The smallest absolute Gasteiger partial charge is 0.317 e. The second kappa shape index (κ2) is 8.15. The number of aliphatic carboxylic acids is 1. The molecule has 5 heteroatoms. The summed E-state index contributed by atoms with van der Waals surface area (Å²) in [4.78, 5) is 25.3. The van der Waals surface area contributed by atoms with E-state index in [1.165, 1.54) is 5.56 Å². The van der Waals surface area contributed by atoms with Crippen LogP contribution in [0.15, 0.2) is 48.5 Å². The van der Waals surface area contributed by atoms with E-state index in [1.807, 2.05) is 41.3 Å². The largest absolute Gasteiger partial charge is 0.480 e. The maximum Gasteiger partial charge on any atom is 0.317 e. The van der Waals surface area contributed by atoms with Crippen LogP contribution in [0.5, 0.6) is 0 Å². The Morgan fingerprint density at radius 1 is 1.12 bits per heavy atom. The fraction of sp³-hybridized carbons (Fsp3) is 0.333. The molecule has 5 nitrogen and oxygen atoms in total. The zero-order chi connectivity index (χ0) is 18.5. The fourth-order valence-electron chi connectivity index (χ4n) is 3.42. The van der Waals surface area contributed by atoms with Crippen LogP contribution in [0.2, 0.25) is 0 Å². The highest BCUT2D eigenvalue weighted by Gasteiger charge is 2.22. The number of hydrogen-bond donors (Lipinski definition) is 2. The molecule has 1 aliphatic heterocycles. The Morgan fingerprint density at radius 2 is 1.85 bits per heavy atom. The van der Waals surface area contributed by atoms with Crippen molar-refractivity contribution < 1.29 is 14.7 Å². The summed E-state index contributed by atoms with van der Waals surface area (Å²) < 4.78 is 0. The molecule has 0 aromatic heterocycles. The number of carbonyl (C=O) groups excluding carboxylic acids is 1. The van der Waals surface area contributed by atoms with Gasteiger partial charge in [0.15, 0.2) is 0 Å². The molecule has 0 atom stereocenters. The van der Waals surface area contributed by atoms with Gasteiger partial charge < -0.3 is 10.4 Å². The molecule has 0 bridgehead atoms. The van der Waals surface area contributed by atoms with E-state index in [-0.39, 0.29) is 18.5 Å². The van der Waals surface area contributed by atoms with Gasteiger partial charge in [-0.3, -0.25) is 14.5 Å². The lowest BCUT2D eigenvalue weighted by Crippen LogP contribution is -2.45. The van der Waals surface area contributed by atoms with Crippen LogP contribution in [-0.2, 0) is 4.79 Å². The zero-order valence-corrected chi connectivity index (χ0v) is 14.9. The normalized spacial score (nSPS) is 15.6. The number of nitrogens with one attached hydrogen (secondary N) is 1. The van der Waals surface area contributed by atoms with E-state index in [4.69, 9.17) is 5.11 Å². The predicted molar refractivity (Wildman–Crippen MR) is 101 cm³/mol. The van der Waals surface area contributed by atoms with Crippen LogP contribution in [0.25, 0.3) is 11.1 Å². The Bertz CT molecular complexity index is 795. The number of benzene rings is 2. The highest BCUT2D eigenvalue weighted by molar-refractivity contribution is 5.95. The SMILES string of the molecule is Cc1ccccc1-c1cccc(C(=O)NC2CCN(CC(=O)O)CC2)c1. The van der Waals surface area contributed by atoms with Crippen molar-refractivity contribution in [1.82, 2.24) is 10.2 Å². The number of carbonyl (C=O) groups is 2. The van der Waals surface area contributed by atoms with Crippen LogP contribution in [0.1, 0.15) is 28.8 Å². The number of aryl methyl sites for hydroxylation is 1. The zero-order valence-electron chi connectivity index (χ0n) is 14.9. The van der Waals surface area contributed by atoms with E-state index in [0.717, 1.165) is 24.0 Å². The molecule has 0 unspecified atom stereocenters. The lowest BCUT2D eigenvalue weighted by molar-refractivity contribution is -0.138. The van der Waals surface area contributed by atoms with Crippen LogP contribution in [0.4, 0.5) is 0 Å². The van der Waals surface area contributed by atoms with Gasteiger partial charge in [0, 0.05) is 24.7 Å². The van der Waals surface area contributed by atoms with Gasteiger partial charge in [0.1, 0.15) is 0 Å². The molecule has 2 aromatic carbocycles. The number of carboxylic acid groups (broad SMARTS) is 1. The number of hydrogen-bond acceptors (Lipinski definition) is 3. The van der Waals surface area contributed by atoms with Gasteiger partial charge in [-0.2, -0.15) is 0 Å². The molecule has 136 valence electrons. The topological polar surface area (TPSA) is 69.6 Å². The third kappa shape index (κ3) is 4.49. The Balaban J connectivity index is 1.63. The number of likely N-dealkylation sites (tertiary alicyclic amines) is 1. The molecule has 0 saturated carbocycles. The third-order valence-corrected chi connectivity index (χ3v) is 4.86. The van der Waals surface area contributed by atoms with Gasteiger partial charge in [-0.05, 0) is 48.6 Å². The average molecular weight is 352 g/mol. The Morgan fingerprint density at radius 3 is 2.54 bits per heavy atom. The maximum atomic E-state index is 12.6. The van der Waals surface area contributed by atoms with Crippen LogP contribution >= 0.6 is 0 Å². The van der Waals surface area contributed by atoms with Crippen molar-refractivity contribution in [2.24, 2.45) is 0 Å². The number of piperidine rings is 1. The fourth-order valence-corrected chi connectivity index (χ4v) is 3.42. The van der Waals surface area contributed by atoms with Crippen LogP contribution in [0.3, 0.4) is 0 Å². The van der Waals surface area contributed by atoms with Gasteiger partial charge in [-0.15, -0.1) is 0 Å². The Labute approximate surface area is 153 Å². The quantitative estimate of drug-likeness (QED) is 0.868. The molecule has 0 spiro atoms. The number of nitrogens with zero attached hydrogens (tertiary/aromatic N) is 1. The highest BCUT2D eigenvalue weighted by Crippen LogP contribution is 2.24. The van der Waals surface area contributed by atoms with Crippen molar-refractivity contribution in [2.45, 2.75) is 25.8 Å². The van der Waals surface area contributed by atoms with E-state index in [9.17, 15) is 9.59 Å². The first-order valence-corrected chi connectivity index (χ1v) is 8.94. The van der Waals surface area contributed by atoms with Crippen molar-refractivity contribution in [1.29, 1.82) is 0 Å². The summed E-state index contributed by atoms with van der Waals surface area (Å²) in [6.45, 7) is 3.52. The minimum atomic E-state index is -0.805. The summed E-state index contributed by atoms with van der Waals surface area (Å²) in [5, 5.41) is 11.9. The third-order valence-electron chi connectivity index (χ3n) is 4.86. The van der Waals surface area contributed by atoms with Crippen molar-refractivity contribution in [3.05, 3.63) is 59.7 Å². The molecule has 0 aliphatic carbocycles. The summed E-state index contributed by atoms with van der Waals surface area (Å²) in [6.07, 6.45) is 1.55. The molecule has 1 heterocycles. The second-order valence-electron chi connectivity index (χ2n) is 6.81. The second-order valence-corrected chi connectivity index (χ2v) is 6.81. The number of amides is 1. The molecule has 3 rings (SSSR count). The highest BCUT2D eigenvalue weighted by atomic mass is 16.4.